The summed E-state index contributed by atoms with van der Waals surface area (Å²) in [6.45, 7) is 7.30. The molecule has 0 saturated carbocycles. The third-order valence-electron chi connectivity index (χ3n) is 5.25. The Kier molecular flexibility index (Phi) is 5.63. The first-order valence-corrected chi connectivity index (χ1v) is 10.1. The molecule has 6 nitrogen and oxygen atoms in total. The number of morpholine rings is 1. The molecule has 3 heterocycles. The number of carbonyl (C=O) groups is 1. The van der Waals surface area contributed by atoms with Crippen LogP contribution < -0.4 is 10.2 Å². The maximum atomic E-state index is 14.8. The second-order valence-corrected chi connectivity index (χ2v) is 7.80. The Morgan fingerprint density at radius 3 is 2.73 bits per heavy atom. The van der Waals surface area contributed by atoms with E-state index in [4.69, 9.17) is 4.74 Å². The van der Waals surface area contributed by atoms with Crippen molar-refractivity contribution in [3.8, 4) is 0 Å². The minimum Gasteiger partial charge on any atom is -0.372 e. The molecule has 1 N–H and O–H groups in total. The molecule has 0 bridgehead atoms. The van der Waals surface area contributed by atoms with Crippen molar-refractivity contribution in [3.05, 3.63) is 65.2 Å². The molecule has 2 unspecified atom stereocenters. The zero-order valence-electron chi connectivity index (χ0n) is 17.4. The number of hydrogen-bond acceptors (Lipinski definition) is 5. The Morgan fingerprint density at radius 1 is 1.23 bits per heavy atom. The Hall–Kier alpha value is -3.06. The topological polar surface area (TPSA) is 67.4 Å². The van der Waals surface area contributed by atoms with Crippen LogP contribution in [-0.4, -0.2) is 41.2 Å². The van der Waals surface area contributed by atoms with Crippen LogP contribution in [0.3, 0.4) is 0 Å². The minimum absolute atomic E-state index is 0.0566. The number of carbonyl (C=O) groups excluding carboxylic acids is 1. The van der Waals surface area contributed by atoms with E-state index >= 15 is 0 Å². The van der Waals surface area contributed by atoms with E-state index in [1.54, 1.807) is 31.3 Å². The molecule has 0 radical (unpaired) electrons. The van der Waals surface area contributed by atoms with Crippen molar-refractivity contribution in [2.45, 2.75) is 39.5 Å². The van der Waals surface area contributed by atoms with Gasteiger partial charge in [-0.3, -0.25) is 4.79 Å². The third-order valence-corrected chi connectivity index (χ3v) is 5.25. The van der Waals surface area contributed by atoms with Gasteiger partial charge in [0.05, 0.1) is 29.2 Å². The molecule has 3 aromatic rings. The number of halogens is 1. The van der Waals surface area contributed by atoms with Crippen molar-refractivity contribution in [2.24, 2.45) is 0 Å². The van der Waals surface area contributed by atoms with Gasteiger partial charge in [0, 0.05) is 31.2 Å². The molecule has 1 amide bonds. The highest BCUT2D eigenvalue weighted by Crippen LogP contribution is 2.24. The number of aromatic nitrogens is 2. The van der Waals surface area contributed by atoms with Gasteiger partial charge in [-0.1, -0.05) is 6.07 Å². The largest absolute Gasteiger partial charge is 0.372 e. The van der Waals surface area contributed by atoms with E-state index in [9.17, 15) is 9.18 Å². The van der Waals surface area contributed by atoms with E-state index in [-0.39, 0.29) is 30.5 Å². The summed E-state index contributed by atoms with van der Waals surface area (Å²) < 4.78 is 20.5. The molecule has 1 fully saturated rings. The number of aryl methyl sites for hydroxylation is 1. The first kappa shape index (κ1) is 20.2. The fourth-order valence-corrected chi connectivity index (χ4v) is 3.89. The highest BCUT2D eigenvalue weighted by atomic mass is 19.1. The Labute approximate surface area is 175 Å². The molecule has 1 aliphatic heterocycles. The van der Waals surface area contributed by atoms with Crippen LogP contribution in [0.5, 0.6) is 0 Å². The number of fused-ring (bicyclic) bond motifs is 1. The predicted molar refractivity (Wildman–Crippen MR) is 114 cm³/mol. The zero-order valence-corrected chi connectivity index (χ0v) is 17.4. The van der Waals surface area contributed by atoms with Gasteiger partial charge in [-0.25, -0.2) is 14.4 Å². The number of benzene rings is 1. The molecular formula is C23H25FN4O2. The van der Waals surface area contributed by atoms with Crippen LogP contribution in [0, 0.1) is 12.7 Å². The number of nitrogens with one attached hydrogen (secondary N) is 1. The van der Waals surface area contributed by atoms with Gasteiger partial charge in [0.15, 0.2) is 5.65 Å². The SMILES string of the molecule is Cc1nc2ncccc2cc1C(=O)NCc1ccc(N2CC(C)OC(C)C2)c(F)c1. The van der Waals surface area contributed by atoms with Gasteiger partial charge in [-0.2, -0.15) is 0 Å². The molecule has 1 aromatic carbocycles. The van der Waals surface area contributed by atoms with E-state index < -0.39 is 0 Å². The summed E-state index contributed by atoms with van der Waals surface area (Å²) in [6, 6.07) is 10.6. The summed E-state index contributed by atoms with van der Waals surface area (Å²) in [5.41, 5.74) is 2.97. The van der Waals surface area contributed by atoms with Crippen LogP contribution in [0.15, 0.2) is 42.6 Å². The molecule has 7 heteroatoms. The predicted octanol–water partition coefficient (Wildman–Crippen LogP) is 3.62. The van der Waals surface area contributed by atoms with Crippen LogP contribution in [0.25, 0.3) is 11.0 Å². The number of nitrogens with zero attached hydrogens (tertiary/aromatic N) is 3. The Morgan fingerprint density at radius 2 is 2.00 bits per heavy atom. The van der Waals surface area contributed by atoms with Gasteiger partial charge >= 0.3 is 0 Å². The average molecular weight is 408 g/mol. The fourth-order valence-electron chi connectivity index (χ4n) is 3.89. The molecular weight excluding hydrogens is 383 g/mol. The maximum absolute atomic E-state index is 14.8. The van der Waals surface area contributed by atoms with Crippen molar-refractivity contribution < 1.29 is 13.9 Å². The fraction of sp³-hybridized carbons (Fsp3) is 0.348. The van der Waals surface area contributed by atoms with Gasteiger partial charge in [0.1, 0.15) is 5.82 Å². The normalized spacial score (nSPS) is 19.1. The Bertz CT molecular complexity index is 1080. The highest BCUT2D eigenvalue weighted by Gasteiger charge is 2.24. The smallest absolute Gasteiger partial charge is 0.253 e. The number of amides is 1. The van der Waals surface area contributed by atoms with E-state index in [1.807, 2.05) is 30.9 Å². The first-order chi connectivity index (χ1) is 14.4. The van der Waals surface area contributed by atoms with Crippen LogP contribution in [0.1, 0.15) is 35.5 Å². The number of hydrogen-bond donors (Lipinski definition) is 1. The van der Waals surface area contributed by atoms with E-state index in [2.05, 4.69) is 15.3 Å². The summed E-state index contributed by atoms with van der Waals surface area (Å²) in [5.74, 6) is -0.538. The lowest BCUT2D eigenvalue weighted by molar-refractivity contribution is -0.00539. The summed E-state index contributed by atoms with van der Waals surface area (Å²) in [7, 11) is 0. The standard InChI is InChI=1S/C23H25FN4O2/c1-14-12-28(13-15(2)30-14)21-7-6-17(9-20(21)24)11-26-23(29)19-10-18-5-4-8-25-22(18)27-16(19)3/h4-10,14-15H,11-13H2,1-3H3,(H,26,29). The van der Waals surface area contributed by atoms with Crippen LogP contribution in [0.4, 0.5) is 10.1 Å². The first-order valence-electron chi connectivity index (χ1n) is 10.1. The molecule has 0 spiro atoms. The molecule has 0 aliphatic carbocycles. The maximum Gasteiger partial charge on any atom is 0.253 e. The number of anilines is 1. The lowest BCUT2D eigenvalue weighted by Gasteiger charge is -2.37. The van der Waals surface area contributed by atoms with Gasteiger partial charge in [-0.15, -0.1) is 0 Å². The van der Waals surface area contributed by atoms with Crippen molar-refractivity contribution in [1.29, 1.82) is 0 Å². The van der Waals surface area contributed by atoms with E-state index in [0.29, 0.717) is 41.2 Å². The van der Waals surface area contributed by atoms with Crippen molar-refractivity contribution in [3.63, 3.8) is 0 Å². The van der Waals surface area contributed by atoms with Crippen molar-refractivity contribution in [2.75, 3.05) is 18.0 Å². The third kappa shape index (κ3) is 4.26. The molecule has 156 valence electrons. The summed E-state index contributed by atoms with van der Waals surface area (Å²) in [5, 5.41) is 3.66. The molecule has 1 saturated heterocycles. The van der Waals surface area contributed by atoms with Gasteiger partial charge in [-0.05, 0) is 56.7 Å². The molecule has 4 rings (SSSR count). The number of pyridine rings is 2. The molecule has 1 aliphatic rings. The summed E-state index contributed by atoms with van der Waals surface area (Å²) >= 11 is 0. The van der Waals surface area contributed by atoms with Crippen LogP contribution in [0.2, 0.25) is 0 Å². The summed E-state index contributed by atoms with van der Waals surface area (Å²) in [6.07, 6.45) is 1.78. The second-order valence-electron chi connectivity index (χ2n) is 7.80. The second kappa shape index (κ2) is 8.36. The van der Waals surface area contributed by atoms with Crippen LogP contribution >= 0.6 is 0 Å². The number of rotatable bonds is 4. The lowest BCUT2D eigenvalue weighted by Crippen LogP contribution is -2.45. The quantitative estimate of drug-likeness (QED) is 0.714. The highest BCUT2D eigenvalue weighted by molar-refractivity contribution is 5.98. The zero-order chi connectivity index (χ0) is 21.3. The molecule has 2 aromatic heterocycles. The van der Waals surface area contributed by atoms with Crippen LogP contribution in [-0.2, 0) is 11.3 Å². The molecule has 30 heavy (non-hydrogen) atoms. The monoisotopic (exact) mass is 408 g/mol. The Balaban J connectivity index is 1.46. The lowest BCUT2D eigenvalue weighted by atomic mass is 10.1. The molecule has 2 atom stereocenters. The van der Waals surface area contributed by atoms with E-state index in [0.717, 1.165) is 5.39 Å². The van der Waals surface area contributed by atoms with Gasteiger partial charge < -0.3 is 15.0 Å². The van der Waals surface area contributed by atoms with E-state index in [1.165, 1.54) is 6.07 Å². The van der Waals surface area contributed by atoms with Crippen molar-refractivity contribution in [1.82, 2.24) is 15.3 Å². The van der Waals surface area contributed by atoms with Crippen molar-refractivity contribution >= 4 is 22.6 Å². The number of ether oxygens (including phenoxy) is 1. The van der Waals surface area contributed by atoms with Gasteiger partial charge in [0.2, 0.25) is 0 Å². The average Bonchev–Trinajstić information content (AvgIpc) is 2.70. The summed E-state index contributed by atoms with van der Waals surface area (Å²) in [4.78, 5) is 23.3. The minimum atomic E-state index is -0.294. The van der Waals surface area contributed by atoms with Gasteiger partial charge in [0.25, 0.3) is 5.91 Å².